The fraction of sp³-hybridized carbons (Fsp3) is 0.941. The van der Waals surface area contributed by atoms with Crippen LogP contribution in [-0.2, 0) is 46.8 Å². The van der Waals surface area contributed by atoms with E-state index in [4.69, 9.17) is 37.5 Å². The number of fused-ring (bicyclic) bond motifs is 1. The van der Waals surface area contributed by atoms with Gasteiger partial charge in [0.2, 0.25) is 0 Å². The highest BCUT2D eigenvalue weighted by atomic mass is 31.2. The number of hydrogen-bond donors (Lipinski definition) is 0. The van der Waals surface area contributed by atoms with E-state index in [9.17, 15) is 9.36 Å². The van der Waals surface area contributed by atoms with Gasteiger partial charge in [-0.05, 0) is 34.6 Å². The van der Waals surface area contributed by atoms with Crippen LogP contribution in [0.5, 0.6) is 0 Å². The van der Waals surface area contributed by atoms with Crippen molar-refractivity contribution in [3.63, 3.8) is 0 Å². The van der Waals surface area contributed by atoms with Crippen molar-refractivity contribution in [2.24, 2.45) is 0 Å². The normalized spacial score (nSPS) is 30.2. The van der Waals surface area contributed by atoms with Gasteiger partial charge in [0.15, 0.2) is 12.1 Å². The van der Waals surface area contributed by atoms with Crippen LogP contribution in [0.15, 0.2) is 0 Å². The minimum atomic E-state index is -3.90. The highest BCUT2D eigenvalue weighted by molar-refractivity contribution is 7.55. The van der Waals surface area contributed by atoms with Gasteiger partial charge in [-0.3, -0.25) is 4.57 Å². The summed E-state index contributed by atoms with van der Waals surface area (Å²) in [4.78, 5) is 12.4. The van der Waals surface area contributed by atoms with E-state index in [1.807, 2.05) is 0 Å². The lowest BCUT2D eigenvalue weighted by Crippen LogP contribution is -2.37. The molecule has 2 heterocycles. The Balaban J connectivity index is 2.14. The second-order valence-corrected chi connectivity index (χ2v) is 8.72. The molecule has 0 aromatic rings. The topological polar surface area (TPSA) is 108 Å². The van der Waals surface area contributed by atoms with Gasteiger partial charge in [0, 0.05) is 7.11 Å². The van der Waals surface area contributed by atoms with Gasteiger partial charge in [-0.15, -0.1) is 0 Å². The maximum absolute atomic E-state index is 13.1. The summed E-state index contributed by atoms with van der Waals surface area (Å²) >= 11 is 0. The van der Waals surface area contributed by atoms with Crippen molar-refractivity contribution >= 4 is 13.6 Å². The molecule has 2 fully saturated rings. The zero-order chi connectivity index (χ0) is 20.9. The maximum Gasteiger partial charge on any atom is 0.370 e. The Morgan fingerprint density at radius 2 is 1.68 bits per heavy atom. The van der Waals surface area contributed by atoms with Crippen LogP contribution in [0.25, 0.3) is 0 Å². The van der Waals surface area contributed by atoms with Crippen LogP contribution >= 0.6 is 7.60 Å². The fourth-order valence-corrected chi connectivity index (χ4v) is 4.85. The Morgan fingerprint density at radius 1 is 1.07 bits per heavy atom. The first kappa shape index (κ1) is 23.7. The van der Waals surface area contributed by atoms with Gasteiger partial charge in [-0.2, -0.15) is 0 Å². The Bertz CT molecular complexity index is 558. The van der Waals surface area contributed by atoms with Crippen LogP contribution in [0.2, 0.25) is 0 Å². The van der Waals surface area contributed by atoms with Crippen molar-refractivity contribution in [1.29, 1.82) is 0 Å². The second-order valence-electron chi connectivity index (χ2n) is 6.66. The van der Waals surface area contributed by atoms with Gasteiger partial charge in [0.1, 0.15) is 18.3 Å². The molecule has 0 aromatic carbocycles. The van der Waals surface area contributed by atoms with Crippen LogP contribution in [0, 0.1) is 0 Å². The lowest BCUT2D eigenvalue weighted by atomic mass is 10.1. The van der Waals surface area contributed by atoms with Crippen LogP contribution in [0.1, 0.15) is 34.6 Å². The van der Waals surface area contributed by atoms with E-state index in [1.165, 1.54) is 7.11 Å². The standard InChI is InChI=1S/C17H31O10P/c1-7-21-14(18)16(28(19,23-8-2)24-9-3)22-10-11-12-13(15(20-6)25-11)27-17(4,5)26-12/h11-13,15-16H,7-10H2,1-6H3/t11-,12-,13-,15-,16?/m1/s1. The molecule has 2 rings (SSSR count). The number of carbonyl (C=O) groups excluding carboxylic acids is 1. The average Bonchev–Trinajstić information content (AvgIpc) is 3.09. The van der Waals surface area contributed by atoms with Gasteiger partial charge < -0.3 is 37.5 Å². The molecule has 164 valence electrons. The summed E-state index contributed by atoms with van der Waals surface area (Å²) in [6.07, 6.45) is -2.17. The fourth-order valence-electron chi connectivity index (χ4n) is 3.19. The monoisotopic (exact) mass is 426 g/mol. The highest BCUT2D eigenvalue weighted by Crippen LogP contribution is 2.54. The zero-order valence-corrected chi connectivity index (χ0v) is 18.1. The molecule has 0 radical (unpaired) electrons. The number of carbonyl (C=O) groups is 1. The Hall–Kier alpha value is -0.580. The molecule has 11 heteroatoms. The molecule has 5 atom stereocenters. The highest BCUT2D eigenvalue weighted by Gasteiger charge is 2.56. The molecular weight excluding hydrogens is 395 g/mol. The third kappa shape index (κ3) is 5.31. The quantitative estimate of drug-likeness (QED) is 0.360. The largest absolute Gasteiger partial charge is 0.464 e. The summed E-state index contributed by atoms with van der Waals surface area (Å²) in [5, 5.41) is 0. The number of esters is 1. The molecule has 0 spiro atoms. The van der Waals surface area contributed by atoms with Crippen molar-refractivity contribution in [3.05, 3.63) is 0 Å². The Labute approximate surface area is 165 Å². The van der Waals surface area contributed by atoms with Crippen molar-refractivity contribution in [2.75, 3.05) is 33.5 Å². The van der Waals surface area contributed by atoms with E-state index in [-0.39, 0.29) is 26.4 Å². The molecule has 1 unspecified atom stereocenters. The van der Waals surface area contributed by atoms with E-state index < -0.39 is 49.8 Å². The molecular formula is C17H31O10P. The molecule has 0 saturated carbocycles. The minimum Gasteiger partial charge on any atom is -0.464 e. The van der Waals surface area contributed by atoms with Crippen LogP contribution in [-0.4, -0.2) is 75.7 Å². The lowest BCUT2D eigenvalue weighted by molar-refractivity contribution is -0.232. The van der Waals surface area contributed by atoms with Crippen LogP contribution in [0.4, 0.5) is 0 Å². The van der Waals surface area contributed by atoms with Crippen LogP contribution in [0.3, 0.4) is 0 Å². The molecule has 2 aliphatic rings. The Morgan fingerprint density at radius 3 is 2.21 bits per heavy atom. The first-order valence-electron chi connectivity index (χ1n) is 9.42. The first-order chi connectivity index (χ1) is 13.2. The van der Waals surface area contributed by atoms with Crippen molar-refractivity contribution in [3.8, 4) is 0 Å². The summed E-state index contributed by atoms with van der Waals surface area (Å²) in [7, 11) is -2.40. The molecule has 10 nitrogen and oxygen atoms in total. The second kappa shape index (κ2) is 9.95. The van der Waals surface area contributed by atoms with E-state index in [2.05, 4.69) is 0 Å². The molecule has 2 aliphatic heterocycles. The summed E-state index contributed by atoms with van der Waals surface area (Å²) < 4.78 is 57.1. The SMILES string of the molecule is CCOC(=O)C(OC[C@H]1O[C@@H](OC)[C@@H]2OC(C)(C)O[C@@H]21)P(=O)(OCC)OCC. The van der Waals surface area contributed by atoms with Crippen LogP contribution < -0.4 is 0 Å². The van der Waals surface area contributed by atoms with Crippen molar-refractivity contribution in [2.45, 2.75) is 70.9 Å². The first-order valence-corrected chi connectivity index (χ1v) is 11.0. The van der Waals surface area contributed by atoms with Gasteiger partial charge in [-0.25, -0.2) is 4.79 Å². The summed E-state index contributed by atoms with van der Waals surface area (Å²) in [5.41, 5.74) is 0. The van der Waals surface area contributed by atoms with E-state index in [1.54, 1.807) is 34.6 Å². The molecule has 0 aromatic heterocycles. The minimum absolute atomic E-state index is 0.0814. The Kier molecular flexibility index (Phi) is 8.42. The number of methoxy groups -OCH3 is 1. The average molecular weight is 426 g/mol. The molecule has 0 bridgehead atoms. The predicted octanol–water partition coefficient (Wildman–Crippen LogP) is 2.05. The maximum atomic E-state index is 13.1. The van der Waals surface area contributed by atoms with Crippen molar-refractivity contribution in [1.82, 2.24) is 0 Å². The molecule has 0 amide bonds. The third-order valence-electron chi connectivity index (χ3n) is 4.15. The zero-order valence-electron chi connectivity index (χ0n) is 17.2. The predicted molar refractivity (Wildman–Crippen MR) is 96.7 cm³/mol. The smallest absolute Gasteiger partial charge is 0.370 e. The van der Waals surface area contributed by atoms with Gasteiger partial charge in [0.05, 0.1) is 26.4 Å². The number of hydrogen-bond acceptors (Lipinski definition) is 10. The van der Waals surface area contributed by atoms with Gasteiger partial charge >= 0.3 is 13.6 Å². The lowest BCUT2D eigenvalue weighted by Gasteiger charge is -2.27. The van der Waals surface area contributed by atoms with Gasteiger partial charge in [-0.1, -0.05) is 0 Å². The third-order valence-corrected chi connectivity index (χ3v) is 6.32. The summed E-state index contributed by atoms with van der Waals surface area (Å²) in [5.74, 6) is -3.17. The molecule has 28 heavy (non-hydrogen) atoms. The summed E-state index contributed by atoms with van der Waals surface area (Å²) in [6, 6.07) is 0. The van der Waals surface area contributed by atoms with Crippen molar-refractivity contribution < 1.29 is 46.8 Å². The number of ether oxygens (including phenoxy) is 6. The number of rotatable bonds is 11. The van der Waals surface area contributed by atoms with E-state index >= 15 is 0 Å². The van der Waals surface area contributed by atoms with Gasteiger partial charge in [0.25, 0.3) is 5.85 Å². The molecule has 0 aliphatic carbocycles. The molecule has 2 saturated heterocycles. The van der Waals surface area contributed by atoms with E-state index in [0.717, 1.165) is 0 Å². The van der Waals surface area contributed by atoms with E-state index in [0.29, 0.717) is 0 Å². The summed E-state index contributed by atoms with van der Waals surface area (Å²) in [6.45, 7) is 8.65. The molecule has 0 N–H and O–H groups in total.